The van der Waals surface area contributed by atoms with Gasteiger partial charge in [-0.1, -0.05) is 12.8 Å². The molecule has 0 bridgehead atoms. The molecule has 1 aromatic heterocycles. The van der Waals surface area contributed by atoms with Crippen LogP contribution in [-0.2, 0) is 11.2 Å². The molecule has 0 spiro atoms. The van der Waals surface area contributed by atoms with Crippen LogP contribution in [-0.4, -0.2) is 23.4 Å². The molecule has 0 fully saturated rings. The van der Waals surface area contributed by atoms with Crippen LogP contribution >= 0.6 is 0 Å². The fraction of sp³-hybridized carbons (Fsp3) is 0.700. The number of hydrogen-bond acceptors (Lipinski definition) is 4. The largest absolute Gasteiger partial charge is 0.428 e. The average molecular weight is 197 g/mol. The van der Waals surface area contributed by atoms with Gasteiger partial charge in [0.25, 0.3) is 0 Å². The second kappa shape index (κ2) is 7.50. The van der Waals surface area contributed by atoms with Crippen LogP contribution in [0.4, 0.5) is 0 Å². The number of ether oxygens (including phenoxy) is 1. The van der Waals surface area contributed by atoms with Crippen molar-refractivity contribution >= 4 is 0 Å². The van der Waals surface area contributed by atoms with Crippen LogP contribution in [0.25, 0.3) is 0 Å². The van der Waals surface area contributed by atoms with Crippen molar-refractivity contribution < 1.29 is 9.15 Å². The molecule has 1 rings (SSSR count). The Morgan fingerprint density at radius 1 is 1.29 bits per heavy atom. The monoisotopic (exact) mass is 197 g/mol. The highest BCUT2D eigenvalue weighted by Crippen LogP contribution is 2.05. The summed E-state index contributed by atoms with van der Waals surface area (Å²) in [6.45, 7) is 5.00. The van der Waals surface area contributed by atoms with Gasteiger partial charge in [-0.3, -0.25) is 0 Å². The Morgan fingerprint density at radius 2 is 2.14 bits per heavy atom. The van der Waals surface area contributed by atoms with E-state index in [4.69, 9.17) is 9.15 Å². The summed E-state index contributed by atoms with van der Waals surface area (Å²) in [5.74, 6) is 0.735. The van der Waals surface area contributed by atoms with Crippen molar-refractivity contribution in [2.45, 2.75) is 32.1 Å². The third kappa shape index (κ3) is 4.97. The first-order valence-corrected chi connectivity index (χ1v) is 5.05. The minimum absolute atomic E-state index is 0.571. The molecule has 1 radical (unpaired) electrons. The number of rotatable bonds is 8. The van der Waals surface area contributed by atoms with E-state index in [9.17, 15) is 0 Å². The Hall–Kier alpha value is -0.900. The van der Waals surface area contributed by atoms with E-state index < -0.39 is 0 Å². The molecular formula is C10H17N2O2. The Balaban J connectivity index is 1.85. The van der Waals surface area contributed by atoms with E-state index in [1.807, 2.05) is 0 Å². The zero-order valence-corrected chi connectivity index (χ0v) is 8.45. The van der Waals surface area contributed by atoms with Gasteiger partial charge in [0, 0.05) is 19.6 Å². The number of aryl methyl sites for hydroxylation is 1. The van der Waals surface area contributed by atoms with Crippen LogP contribution in [0.1, 0.15) is 31.6 Å². The highest BCUT2D eigenvalue weighted by Gasteiger charge is 1.97. The minimum Gasteiger partial charge on any atom is -0.428 e. The molecule has 4 heteroatoms. The molecule has 1 heterocycles. The summed E-state index contributed by atoms with van der Waals surface area (Å²) in [7, 11) is 0. The van der Waals surface area contributed by atoms with E-state index in [2.05, 4.69) is 17.1 Å². The molecule has 0 aliphatic heterocycles. The molecule has 0 aromatic carbocycles. The summed E-state index contributed by atoms with van der Waals surface area (Å²) in [6, 6.07) is 0. The van der Waals surface area contributed by atoms with Gasteiger partial charge in [0.1, 0.15) is 0 Å². The lowest BCUT2D eigenvalue weighted by atomic mass is 10.1. The third-order valence-electron chi connectivity index (χ3n) is 1.98. The van der Waals surface area contributed by atoms with Gasteiger partial charge in [-0.15, -0.1) is 10.2 Å². The summed E-state index contributed by atoms with van der Waals surface area (Å²) in [5.41, 5.74) is 0. The summed E-state index contributed by atoms with van der Waals surface area (Å²) >= 11 is 0. The van der Waals surface area contributed by atoms with Crippen molar-refractivity contribution in [3.05, 3.63) is 19.2 Å². The van der Waals surface area contributed by atoms with Gasteiger partial charge in [0.15, 0.2) is 0 Å². The highest BCUT2D eigenvalue weighted by molar-refractivity contribution is 4.71. The molecule has 1 aromatic rings. The van der Waals surface area contributed by atoms with Crippen molar-refractivity contribution in [2.75, 3.05) is 13.2 Å². The predicted octanol–water partition coefficient (Wildman–Crippen LogP) is 2.02. The summed E-state index contributed by atoms with van der Waals surface area (Å²) in [5, 5.41) is 7.43. The number of nitrogens with zero attached hydrogens (tertiary/aromatic N) is 2. The fourth-order valence-corrected chi connectivity index (χ4v) is 1.24. The van der Waals surface area contributed by atoms with Gasteiger partial charge in [-0.2, -0.15) is 0 Å². The zero-order chi connectivity index (χ0) is 10.1. The lowest BCUT2D eigenvalue weighted by Gasteiger charge is -2.00. The molecule has 4 nitrogen and oxygen atoms in total. The maximum absolute atomic E-state index is 5.13. The molecular weight excluding hydrogens is 180 g/mol. The van der Waals surface area contributed by atoms with E-state index in [1.54, 1.807) is 0 Å². The predicted molar refractivity (Wildman–Crippen MR) is 52.6 cm³/mol. The first kappa shape index (κ1) is 11.2. The summed E-state index contributed by atoms with van der Waals surface area (Å²) < 4.78 is 10.2. The SMILES string of the molecule is [CH2]COCCCCCCc1nnco1. The average Bonchev–Trinajstić information content (AvgIpc) is 2.69. The Morgan fingerprint density at radius 3 is 2.86 bits per heavy atom. The van der Waals surface area contributed by atoms with Gasteiger partial charge < -0.3 is 9.15 Å². The Labute approximate surface area is 84.7 Å². The van der Waals surface area contributed by atoms with Crippen LogP contribution in [0.3, 0.4) is 0 Å². The van der Waals surface area contributed by atoms with Crippen LogP contribution in [0.2, 0.25) is 0 Å². The Bertz CT molecular complexity index is 212. The summed E-state index contributed by atoms with van der Waals surface area (Å²) in [6.07, 6.45) is 6.84. The second-order valence-corrected chi connectivity index (χ2v) is 3.11. The van der Waals surface area contributed by atoms with Crippen molar-refractivity contribution in [1.82, 2.24) is 10.2 Å². The van der Waals surface area contributed by atoms with Crippen molar-refractivity contribution in [3.8, 4) is 0 Å². The third-order valence-corrected chi connectivity index (χ3v) is 1.98. The maximum Gasteiger partial charge on any atom is 0.216 e. The van der Waals surface area contributed by atoms with E-state index >= 15 is 0 Å². The molecule has 0 saturated carbocycles. The molecule has 0 amide bonds. The first-order chi connectivity index (χ1) is 6.93. The van der Waals surface area contributed by atoms with Gasteiger partial charge in [-0.05, 0) is 19.8 Å². The molecule has 0 atom stereocenters. The van der Waals surface area contributed by atoms with Gasteiger partial charge in [0.05, 0.1) is 0 Å². The minimum atomic E-state index is 0.571. The van der Waals surface area contributed by atoms with Crippen molar-refractivity contribution in [1.29, 1.82) is 0 Å². The van der Waals surface area contributed by atoms with Crippen molar-refractivity contribution in [2.24, 2.45) is 0 Å². The smallest absolute Gasteiger partial charge is 0.216 e. The molecule has 79 valence electrons. The number of hydrogen-bond donors (Lipinski definition) is 0. The molecule has 0 aliphatic carbocycles. The highest BCUT2D eigenvalue weighted by atomic mass is 16.5. The lowest BCUT2D eigenvalue weighted by molar-refractivity contribution is 0.156. The molecule has 0 aliphatic rings. The molecule has 0 saturated heterocycles. The topological polar surface area (TPSA) is 48.2 Å². The summed E-state index contributed by atoms with van der Waals surface area (Å²) in [4.78, 5) is 0. The number of unbranched alkanes of at least 4 members (excludes halogenated alkanes) is 3. The van der Waals surface area contributed by atoms with Crippen molar-refractivity contribution in [3.63, 3.8) is 0 Å². The molecule has 0 N–H and O–H groups in total. The fourth-order valence-electron chi connectivity index (χ4n) is 1.24. The van der Waals surface area contributed by atoms with E-state index in [-0.39, 0.29) is 0 Å². The normalized spacial score (nSPS) is 10.6. The first-order valence-electron chi connectivity index (χ1n) is 5.05. The van der Waals surface area contributed by atoms with Gasteiger partial charge in [-0.25, -0.2) is 0 Å². The van der Waals surface area contributed by atoms with Crippen LogP contribution in [0.15, 0.2) is 10.8 Å². The van der Waals surface area contributed by atoms with Crippen LogP contribution in [0, 0.1) is 6.92 Å². The Kier molecular flexibility index (Phi) is 5.99. The van der Waals surface area contributed by atoms with Gasteiger partial charge in [0.2, 0.25) is 12.3 Å². The number of aromatic nitrogens is 2. The van der Waals surface area contributed by atoms with Gasteiger partial charge >= 0.3 is 0 Å². The van der Waals surface area contributed by atoms with E-state index in [0.29, 0.717) is 6.61 Å². The quantitative estimate of drug-likeness (QED) is 0.598. The molecule has 14 heavy (non-hydrogen) atoms. The van der Waals surface area contributed by atoms with Crippen LogP contribution < -0.4 is 0 Å². The second-order valence-electron chi connectivity index (χ2n) is 3.11. The van der Waals surface area contributed by atoms with Crippen LogP contribution in [0.5, 0.6) is 0 Å². The standard InChI is InChI=1S/C10H17N2O2/c1-2-13-8-6-4-3-5-7-10-12-11-9-14-10/h9H,1-8H2. The zero-order valence-electron chi connectivity index (χ0n) is 8.45. The maximum atomic E-state index is 5.13. The van der Waals surface area contributed by atoms with E-state index in [1.165, 1.54) is 19.2 Å². The van der Waals surface area contributed by atoms with E-state index in [0.717, 1.165) is 31.8 Å². The molecule has 0 unspecified atom stereocenters. The lowest BCUT2D eigenvalue weighted by Crippen LogP contribution is -1.93.